The van der Waals surface area contributed by atoms with Crippen LogP contribution >= 0.6 is 0 Å². The number of hydrogen-bond acceptors (Lipinski definition) is 9. The Morgan fingerprint density at radius 3 is 1.90 bits per heavy atom. The van der Waals surface area contributed by atoms with Gasteiger partial charge in [0.1, 0.15) is 23.7 Å². The van der Waals surface area contributed by atoms with E-state index < -0.39 is 24.3 Å². The van der Waals surface area contributed by atoms with Crippen molar-refractivity contribution in [2.24, 2.45) is 17.8 Å². The highest BCUT2D eigenvalue weighted by molar-refractivity contribution is 5.88. The molecule has 3 fully saturated rings. The van der Waals surface area contributed by atoms with E-state index in [0.29, 0.717) is 24.9 Å². The van der Waals surface area contributed by atoms with Gasteiger partial charge in [0.05, 0.1) is 54.9 Å². The Bertz CT molecular complexity index is 2550. The van der Waals surface area contributed by atoms with Crippen molar-refractivity contribution in [3.63, 3.8) is 0 Å². The fraction of sp³-hybridized carbons (Fsp3) is 0.479. The van der Waals surface area contributed by atoms with Gasteiger partial charge in [0.25, 0.3) is 0 Å². The van der Waals surface area contributed by atoms with E-state index in [1.54, 1.807) is 0 Å². The molecule has 9 rings (SSSR count). The lowest BCUT2D eigenvalue weighted by molar-refractivity contribution is -0.136. The van der Waals surface area contributed by atoms with Crippen LogP contribution in [0, 0.1) is 17.8 Å². The molecule has 2 aromatic carbocycles. The van der Waals surface area contributed by atoms with E-state index in [0.717, 1.165) is 94.8 Å². The minimum atomic E-state index is -0.694. The third-order valence-electron chi connectivity index (χ3n) is 13.8. The zero-order valence-corrected chi connectivity index (χ0v) is 36.9. The number of likely N-dealkylation sites (tertiary alicyclic amines) is 2. The summed E-state index contributed by atoms with van der Waals surface area (Å²) in [5.41, 5.74) is 10.7. The first-order valence-electron chi connectivity index (χ1n) is 22.4. The van der Waals surface area contributed by atoms with E-state index in [1.807, 2.05) is 49.9 Å². The number of aromatic nitrogens is 5. The number of pyridine rings is 1. The zero-order chi connectivity index (χ0) is 44.1. The molecule has 0 spiro atoms. The van der Waals surface area contributed by atoms with Gasteiger partial charge in [-0.2, -0.15) is 0 Å². The predicted octanol–water partition coefficient (Wildman–Crippen LogP) is 7.82. The van der Waals surface area contributed by atoms with Gasteiger partial charge in [0, 0.05) is 30.4 Å². The number of hydrogen-bond donors (Lipinski definition) is 4. The van der Waals surface area contributed by atoms with Gasteiger partial charge < -0.3 is 39.9 Å². The maximum atomic E-state index is 13.8. The SMILES string of the molecule is COC(=O)N[C@H](C(=O)N1CCC[C@H]1c1ncc(-c2ccc(-c3ncc(-c4ccc5nc([C@@H]6CCCN6C(=O)[C@@H](NC(=O)OC)C(C)C)[nH]c5c4)c4c3C3CCC3C4)cc2)[nH]1)C(C)C. The summed E-state index contributed by atoms with van der Waals surface area (Å²) in [7, 11) is 2.60. The molecule has 15 nitrogen and oxygen atoms in total. The molecule has 1 saturated carbocycles. The van der Waals surface area contributed by atoms with E-state index >= 15 is 0 Å². The lowest BCUT2D eigenvalue weighted by Crippen LogP contribution is -2.51. The lowest BCUT2D eigenvalue weighted by Gasteiger charge is -2.31. The van der Waals surface area contributed by atoms with Crippen LogP contribution in [-0.4, -0.2) is 98.1 Å². The summed E-state index contributed by atoms with van der Waals surface area (Å²) in [5, 5.41) is 5.45. The minimum absolute atomic E-state index is 0.107. The first-order valence-corrected chi connectivity index (χ1v) is 22.4. The fourth-order valence-electron chi connectivity index (χ4n) is 10.3. The first kappa shape index (κ1) is 42.1. The molecule has 0 radical (unpaired) electrons. The van der Waals surface area contributed by atoms with E-state index in [2.05, 4.69) is 63.1 Å². The summed E-state index contributed by atoms with van der Waals surface area (Å²) < 4.78 is 9.60. The Kier molecular flexibility index (Phi) is 11.4. The van der Waals surface area contributed by atoms with Gasteiger partial charge in [-0.1, -0.05) is 58.0 Å². The van der Waals surface area contributed by atoms with Crippen molar-refractivity contribution in [3.8, 4) is 33.6 Å². The van der Waals surface area contributed by atoms with Crippen LogP contribution in [0.3, 0.4) is 0 Å². The number of rotatable bonds is 11. The number of H-pyrrole nitrogens is 2. The third-order valence-corrected chi connectivity index (χ3v) is 13.8. The van der Waals surface area contributed by atoms with Crippen LogP contribution < -0.4 is 10.6 Å². The summed E-state index contributed by atoms with van der Waals surface area (Å²) >= 11 is 0. The largest absolute Gasteiger partial charge is 0.453 e. The summed E-state index contributed by atoms with van der Waals surface area (Å²) in [6.07, 6.45) is 9.30. The molecule has 330 valence electrons. The second-order valence-electron chi connectivity index (χ2n) is 18.3. The molecule has 63 heavy (non-hydrogen) atoms. The first-order chi connectivity index (χ1) is 30.4. The van der Waals surface area contributed by atoms with E-state index in [9.17, 15) is 19.2 Å². The maximum absolute atomic E-state index is 13.8. The number of carbonyl (C=O) groups excluding carboxylic acids is 4. The number of nitrogens with one attached hydrogen (secondary N) is 4. The van der Waals surface area contributed by atoms with Gasteiger partial charge in [0.15, 0.2) is 0 Å². The molecule has 4 N–H and O–H groups in total. The highest BCUT2D eigenvalue weighted by atomic mass is 16.5. The number of nitrogens with zero attached hydrogens (tertiary/aromatic N) is 5. The number of alkyl carbamates (subject to hydrolysis) is 2. The smallest absolute Gasteiger partial charge is 0.407 e. The van der Waals surface area contributed by atoms with Gasteiger partial charge in [-0.3, -0.25) is 14.6 Å². The number of fused-ring (bicyclic) bond motifs is 4. The summed E-state index contributed by atoms with van der Waals surface area (Å²) in [6, 6.07) is 13.0. The summed E-state index contributed by atoms with van der Waals surface area (Å²) in [4.78, 5) is 77.2. The van der Waals surface area contributed by atoms with Crippen molar-refractivity contribution in [2.45, 2.75) is 103 Å². The van der Waals surface area contributed by atoms with Crippen molar-refractivity contribution in [1.29, 1.82) is 0 Å². The van der Waals surface area contributed by atoms with Gasteiger partial charge in [-0.05, 0) is 103 Å². The van der Waals surface area contributed by atoms with Gasteiger partial charge in [0.2, 0.25) is 11.8 Å². The topological polar surface area (TPSA) is 188 Å². The minimum Gasteiger partial charge on any atom is -0.453 e. The number of aromatic amines is 2. The average Bonchev–Trinajstić information content (AvgIpc) is 4.13. The Labute approximate surface area is 367 Å². The highest BCUT2D eigenvalue weighted by Crippen LogP contribution is 2.55. The quantitative estimate of drug-likeness (QED) is 0.103. The lowest BCUT2D eigenvalue weighted by atomic mass is 9.73. The average molecular weight is 856 g/mol. The normalized spacial score (nSPS) is 21.3. The van der Waals surface area contributed by atoms with Crippen molar-refractivity contribution < 1.29 is 28.7 Å². The highest BCUT2D eigenvalue weighted by Gasteiger charge is 2.43. The molecule has 15 heteroatoms. The number of amides is 4. The van der Waals surface area contributed by atoms with Crippen molar-refractivity contribution in [3.05, 3.63) is 77.6 Å². The Balaban J connectivity index is 0.946. The van der Waals surface area contributed by atoms with Crippen molar-refractivity contribution in [1.82, 2.24) is 45.4 Å². The Hall–Kier alpha value is -6.25. The van der Waals surface area contributed by atoms with Crippen molar-refractivity contribution >= 4 is 35.0 Å². The molecule has 0 bridgehead atoms. The Morgan fingerprint density at radius 2 is 1.32 bits per heavy atom. The van der Waals surface area contributed by atoms with E-state index in [1.165, 1.54) is 31.8 Å². The number of methoxy groups -OCH3 is 2. The molecular formula is C48H57N9O6. The molecule has 5 aromatic rings. The number of carbonyl (C=O) groups is 4. The summed E-state index contributed by atoms with van der Waals surface area (Å²) in [5.74, 6) is 2.11. The van der Waals surface area contributed by atoms with Crippen LogP contribution in [-0.2, 0) is 25.5 Å². The van der Waals surface area contributed by atoms with Crippen LogP contribution in [0.15, 0.2) is 54.9 Å². The van der Waals surface area contributed by atoms with Gasteiger partial charge in [-0.15, -0.1) is 0 Å². The van der Waals surface area contributed by atoms with Crippen LogP contribution in [0.4, 0.5) is 9.59 Å². The van der Waals surface area contributed by atoms with Crippen molar-refractivity contribution in [2.75, 3.05) is 27.3 Å². The number of ether oxygens (including phenoxy) is 2. The monoisotopic (exact) mass is 855 g/mol. The Morgan fingerprint density at radius 1 is 0.714 bits per heavy atom. The molecule has 4 amide bonds. The van der Waals surface area contributed by atoms with E-state index in [-0.39, 0.29) is 35.7 Å². The molecule has 6 atom stereocenters. The van der Waals surface area contributed by atoms with Gasteiger partial charge >= 0.3 is 12.2 Å². The molecule has 2 unspecified atom stereocenters. The second-order valence-corrected chi connectivity index (χ2v) is 18.3. The number of imidazole rings is 2. The summed E-state index contributed by atoms with van der Waals surface area (Å²) in [6.45, 7) is 8.85. The van der Waals surface area contributed by atoms with Crippen LogP contribution in [0.2, 0.25) is 0 Å². The third kappa shape index (κ3) is 7.79. The molecular weight excluding hydrogens is 799 g/mol. The molecule has 5 heterocycles. The number of benzene rings is 2. The second kappa shape index (κ2) is 17.1. The molecule has 2 saturated heterocycles. The molecule has 4 aliphatic rings. The van der Waals surface area contributed by atoms with Crippen LogP contribution in [0.1, 0.15) is 107 Å². The molecule has 3 aromatic heterocycles. The zero-order valence-electron chi connectivity index (χ0n) is 36.9. The standard InChI is InChI=1S/C48H57N9O6/c1-25(2)40(54-47(60)62-5)45(58)56-19-7-9-37(56)43-50-24-36(53-43)27-11-13-28(14-12-27)42-39-31-17-15-29(31)21-32(39)33(23-49-42)30-16-18-34-35(22-30)52-44(51-34)38-10-8-20-57(38)46(59)41(26(3)4)55-48(61)63-6/h11-14,16,18,22-26,29,31,37-38,40-41H,7-10,15,17,19-21H2,1-6H3,(H,50,53)(H,51,52)(H,54,60)(H,55,61)/t29?,31?,37-,38-,40-,41-/m0/s1. The van der Waals surface area contributed by atoms with E-state index in [4.69, 9.17) is 24.4 Å². The van der Waals surface area contributed by atoms with Crippen LogP contribution in [0.5, 0.6) is 0 Å². The van der Waals surface area contributed by atoms with Gasteiger partial charge in [-0.25, -0.2) is 19.6 Å². The molecule has 2 aliphatic heterocycles. The fourth-order valence-corrected chi connectivity index (χ4v) is 10.3. The maximum Gasteiger partial charge on any atom is 0.407 e. The molecule has 2 aliphatic carbocycles. The predicted molar refractivity (Wildman–Crippen MR) is 237 cm³/mol. The van der Waals surface area contributed by atoms with Crippen LogP contribution in [0.25, 0.3) is 44.7 Å².